The van der Waals surface area contributed by atoms with E-state index in [2.05, 4.69) is 62.6 Å². The van der Waals surface area contributed by atoms with Crippen LogP contribution in [0.3, 0.4) is 0 Å². The van der Waals surface area contributed by atoms with Gasteiger partial charge < -0.3 is 5.73 Å². The maximum Gasteiger partial charge on any atom is 0.234 e. The third-order valence-electron chi connectivity index (χ3n) is 5.30. The molecule has 0 radical (unpaired) electrons. The summed E-state index contributed by atoms with van der Waals surface area (Å²) in [6.07, 6.45) is 1.96. The van der Waals surface area contributed by atoms with Gasteiger partial charge in [-0.05, 0) is 37.9 Å². The Morgan fingerprint density at radius 3 is 2.72 bits per heavy atom. The Morgan fingerprint density at radius 2 is 1.96 bits per heavy atom. The molecule has 1 fully saturated rings. The highest BCUT2D eigenvalue weighted by Crippen LogP contribution is 2.32. The molecular formula is C20H25N5. The first kappa shape index (κ1) is 16.2. The van der Waals surface area contributed by atoms with E-state index in [0.717, 1.165) is 37.7 Å². The van der Waals surface area contributed by atoms with Crippen LogP contribution in [-0.4, -0.2) is 38.9 Å². The van der Waals surface area contributed by atoms with Crippen LogP contribution in [0.25, 0.3) is 5.78 Å². The summed E-state index contributed by atoms with van der Waals surface area (Å²) in [6, 6.07) is 12.9. The number of hydrogen-bond donors (Lipinski definition) is 1. The zero-order valence-electron chi connectivity index (χ0n) is 14.9. The number of rotatable bonds is 4. The van der Waals surface area contributed by atoms with Gasteiger partial charge in [0.2, 0.25) is 5.78 Å². The van der Waals surface area contributed by atoms with E-state index in [1.165, 1.54) is 17.0 Å². The normalized spacial score (nSPS) is 21.2. The fraction of sp³-hybridized carbons (Fsp3) is 0.400. The molecule has 1 aliphatic rings. The Labute approximate surface area is 148 Å². The van der Waals surface area contributed by atoms with Crippen LogP contribution < -0.4 is 5.73 Å². The van der Waals surface area contributed by atoms with Crippen molar-refractivity contribution in [2.45, 2.75) is 26.3 Å². The number of nitrogens with zero attached hydrogens (tertiary/aromatic N) is 4. The molecule has 2 N–H and O–H groups in total. The number of fused-ring (bicyclic) bond motifs is 1. The van der Waals surface area contributed by atoms with Crippen LogP contribution in [0.15, 0.2) is 42.6 Å². The number of hydrogen-bond acceptors (Lipinski definition) is 4. The Kier molecular flexibility index (Phi) is 4.27. The van der Waals surface area contributed by atoms with E-state index in [9.17, 15) is 0 Å². The molecule has 1 aromatic carbocycles. The van der Waals surface area contributed by atoms with Crippen LogP contribution in [0.2, 0.25) is 0 Å². The SMILES string of the molecule is Cc1cc(C)n2c(CN3C[C@@H](CN)[C@H](c4ccccc4)C3)cnc2n1. The van der Waals surface area contributed by atoms with Crippen LogP contribution in [0.5, 0.6) is 0 Å². The standard InChI is InChI=1S/C20H25N5/c1-14-8-15(2)25-18(10-22-20(25)23-14)12-24-11-17(9-21)19(13-24)16-6-4-3-5-7-16/h3-8,10,17,19H,9,11-13,21H2,1-2H3/t17-,19+/m1/s1. The van der Waals surface area contributed by atoms with Crippen LogP contribution in [0.4, 0.5) is 0 Å². The Morgan fingerprint density at radius 1 is 1.16 bits per heavy atom. The monoisotopic (exact) mass is 335 g/mol. The van der Waals surface area contributed by atoms with Gasteiger partial charge in [0.05, 0.1) is 11.9 Å². The van der Waals surface area contributed by atoms with Crippen molar-refractivity contribution in [3.8, 4) is 0 Å². The molecule has 0 bridgehead atoms. The number of imidazole rings is 1. The molecule has 2 atom stereocenters. The number of aryl methyl sites for hydroxylation is 2. The molecule has 0 unspecified atom stereocenters. The second-order valence-corrected chi connectivity index (χ2v) is 7.13. The molecule has 130 valence electrons. The molecule has 3 aromatic rings. The van der Waals surface area contributed by atoms with Crippen molar-refractivity contribution >= 4 is 5.78 Å². The first-order valence-corrected chi connectivity index (χ1v) is 8.93. The number of aromatic nitrogens is 3. The van der Waals surface area contributed by atoms with Crippen molar-refractivity contribution in [1.82, 2.24) is 19.3 Å². The molecule has 25 heavy (non-hydrogen) atoms. The summed E-state index contributed by atoms with van der Waals surface area (Å²) in [6.45, 7) is 7.80. The minimum absolute atomic E-state index is 0.503. The van der Waals surface area contributed by atoms with E-state index in [0.29, 0.717) is 11.8 Å². The fourth-order valence-corrected chi connectivity index (χ4v) is 4.14. The summed E-state index contributed by atoms with van der Waals surface area (Å²) >= 11 is 0. The second kappa shape index (κ2) is 6.58. The molecule has 3 heterocycles. The van der Waals surface area contributed by atoms with Gasteiger partial charge in [-0.3, -0.25) is 9.30 Å². The van der Waals surface area contributed by atoms with E-state index < -0.39 is 0 Å². The van der Waals surface area contributed by atoms with Crippen molar-refractivity contribution in [3.63, 3.8) is 0 Å². The average molecular weight is 335 g/mol. The zero-order valence-corrected chi connectivity index (χ0v) is 14.9. The lowest BCUT2D eigenvalue weighted by molar-refractivity contribution is 0.312. The van der Waals surface area contributed by atoms with Crippen LogP contribution in [0, 0.1) is 19.8 Å². The predicted octanol–water partition coefficient (Wildman–Crippen LogP) is 2.52. The Hall–Kier alpha value is -2.24. The highest BCUT2D eigenvalue weighted by Gasteiger charge is 2.33. The summed E-state index contributed by atoms with van der Waals surface area (Å²) < 4.78 is 2.17. The van der Waals surface area contributed by atoms with Gasteiger partial charge in [0.15, 0.2) is 0 Å². The van der Waals surface area contributed by atoms with E-state index >= 15 is 0 Å². The van der Waals surface area contributed by atoms with Crippen LogP contribution in [-0.2, 0) is 6.54 Å². The molecule has 1 saturated heterocycles. The third kappa shape index (κ3) is 3.05. The zero-order chi connectivity index (χ0) is 17.4. The molecule has 0 saturated carbocycles. The molecule has 4 rings (SSSR count). The largest absolute Gasteiger partial charge is 0.330 e. The number of nitrogens with two attached hydrogens (primary N) is 1. The molecule has 0 aliphatic carbocycles. The van der Waals surface area contributed by atoms with Gasteiger partial charge in [-0.2, -0.15) is 0 Å². The van der Waals surface area contributed by atoms with E-state index in [1.54, 1.807) is 0 Å². The number of likely N-dealkylation sites (tertiary alicyclic amines) is 1. The second-order valence-electron chi connectivity index (χ2n) is 7.13. The lowest BCUT2D eigenvalue weighted by atomic mass is 9.89. The molecule has 5 heteroatoms. The highest BCUT2D eigenvalue weighted by molar-refractivity contribution is 5.35. The van der Waals surface area contributed by atoms with Gasteiger partial charge in [-0.15, -0.1) is 0 Å². The minimum atomic E-state index is 0.503. The molecular weight excluding hydrogens is 310 g/mol. The summed E-state index contributed by atoms with van der Waals surface area (Å²) in [5.41, 5.74) is 10.9. The van der Waals surface area contributed by atoms with Crippen molar-refractivity contribution in [2.24, 2.45) is 11.7 Å². The van der Waals surface area contributed by atoms with Gasteiger partial charge in [-0.1, -0.05) is 30.3 Å². The van der Waals surface area contributed by atoms with Crippen LogP contribution >= 0.6 is 0 Å². The predicted molar refractivity (Wildman–Crippen MR) is 99.5 cm³/mol. The lowest BCUT2D eigenvalue weighted by Crippen LogP contribution is -2.23. The van der Waals surface area contributed by atoms with Crippen molar-refractivity contribution < 1.29 is 0 Å². The van der Waals surface area contributed by atoms with E-state index in [1.807, 2.05) is 13.1 Å². The summed E-state index contributed by atoms with van der Waals surface area (Å²) in [4.78, 5) is 11.5. The van der Waals surface area contributed by atoms with Crippen molar-refractivity contribution in [3.05, 3.63) is 65.2 Å². The first-order valence-electron chi connectivity index (χ1n) is 8.93. The Balaban J connectivity index is 1.58. The third-order valence-corrected chi connectivity index (χ3v) is 5.30. The lowest BCUT2D eigenvalue weighted by Gasteiger charge is -2.17. The minimum Gasteiger partial charge on any atom is -0.330 e. The summed E-state index contributed by atoms with van der Waals surface area (Å²) in [7, 11) is 0. The summed E-state index contributed by atoms with van der Waals surface area (Å²) in [5.74, 6) is 1.80. The van der Waals surface area contributed by atoms with Gasteiger partial charge >= 0.3 is 0 Å². The number of benzene rings is 1. The summed E-state index contributed by atoms with van der Waals surface area (Å²) in [5, 5.41) is 0. The topological polar surface area (TPSA) is 59.5 Å². The molecule has 2 aromatic heterocycles. The molecule has 0 amide bonds. The van der Waals surface area contributed by atoms with Gasteiger partial charge in [-0.25, -0.2) is 9.97 Å². The smallest absolute Gasteiger partial charge is 0.234 e. The molecule has 1 aliphatic heterocycles. The quantitative estimate of drug-likeness (QED) is 0.796. The van der Waals surface area contributed by atoms with Gasteiger partial charge in [0.25, 0.3) is 0 Å². The molecule has 5 nitrogen and oxygen atoms in total. The van der Waals surface area contributed by atoms with E-state index in [4.69, 9.17) is 5.73 Å². The van der Waals surface area contributed by atoms with Gasteiger partial charge in [0.1, 0.15) is 0 Å². The van der Waals surface area contributed by atoms with Crippen LogP contribution in [0.1, 0.15) is 28.6 Å². The average Bonchev–Trinajstić information content (AvgIpc) is 3.20. The highest BCUT2D eigenvalue weighted by atomic mass is 15.2. The van der Waals surface area contributed by atoms with E-state index in [-0.39, 0.29) is 0 Å². The van der Waals surface area contributed by atoms with Crippen molar-refractivity contribution in [1.29, 1.82) is 0 Å². The maximum absolute atomic E-state index is 6.07. The van der Waals surface area contributed by atoms with Crippen molar-refractivity contribution in [2.75, 3.05) is 19.6 Å². The maximum atomic E-state index is 6.07. The first-order chi connectivity index (χ1) is 12.2. The molecule has 0 spiro atoms. The Bertz CT molecular complexity index is 870. The van der Waals surface area contributed by atoms with Gasteiger partial charge in [0, 0.05) is 36.9 Å². The fourth-order valence-electron chi connectivity index (χ4n) is 4.14.